The number of rotatable bonds is 5. The number of aromatic nitrogens is 1. The number of carbonyl (C=O) groups excluding carboxylic acids is 1. The van der Waals surface area contributed by atoms with E-state index in [2.05, 4.69) is 10.3 Å². The summed E-state index contributed by atoms with van der Waals surface area (Å²) < 4.78 is 0. The SMILES string of the molecule is CCN(C(C)=O)c1nc(CNc2cc(C)ccc2Cl)cs1. The number of nitrogens with zero attached hydrogens (tertiary/aromatic N) is 2. The van der Waals surface area contributed by atoms with Crippen molar-refractivity contribution >= 4 is 39.7 Å². The number of hydrogen-bond acceptors (Lipinski definition) is 4. The molecule has 6 heteroatoms. The molecule has 0 spiro atoms. The fraction of sp³-hybridized carbons (Fsp3) is 0.333. The summed E-state index contributed by atoms with van der Waals surface area (Å²) in [7, 11) is 0. The first-order valence-corrected chi connectivity index (χ1v) is 7.99. The third-order valence-corrected chi connectivity index (χ3v) is 4.29. The summed E-state index contributed by atoms with van der Waals surface area (Å²) in [5.74, 6) is 0.00749. The Hall–Kier alpha value is -1.59. The molecule has 0 aliphatic rings. The van der Waals surface area contributed by atoms with Crippen LogP contribution in [0.2, 0.25) is 5.02 Å². The largest absolute Gasteiger partial charge is 0.378 e. The van der Waals surface area contributed by atoms with Crippen molar-refractivity contribution < 1.29 is 4.79 Å². The number of hydrogen-bond donors (Lipinski definition) is 1. The van der Waals surface area contributed by atoms with Crippen LogP contribution in [-0.2, 0) is 11.3 Å². The molecule has 0 fully saturated rings. The first kappa shape index (κ1) is 15.8. The molecular weight excluding hydrogens is 306 g/mol. The van der Waals surface area contributed by atoms with Gasteiger partial charge in [-0.3, -0.25) is 9.69 Å². The van der Waals surface area contributed by atoms with Crippen molar-refractivity contribution in [1.82, 2.24) is 4.98 Å². The second kappa shape index (κ2) is 6.91. The molecule has 1 aromatic heterocycles. The van der Waals surface area contributed by atoms with E-state index in [1.165, 1.54) is 11.3 Å². The van der Waals surface area contributed by atoms with Gasteiger partial charge in [0.05, 0.1) is 22.9 Å². The maximum Gasteiger partial charge on any atom is 0.225 e. The summed E-state index contributed by atoms with van der Waals surface area (Å²) in [6.45, 7) is 6.71. The molecule has 1 heterocycles. The Morgan fingerprint density at radius 1 is 1.48 bits per heavy atom. The van der Waals surface area contributed by atoms with E-state index in [-0.39, 0.29) is 5.91 Å². The molecule has 0 bridgehead atoms. The number of anilines is 2. The standard InChI is InChI=1S/C15H18ClN3OS/c1-4-19(11(3)20)15-18-12(9-21-15)8-17-14-7-10(2)5-6-13(14)16/h5-7,9,17H,4,8H2,1-3H3. The van der Waals surface area contributed by atoms with Crippen LogP contribution >= 0.6 is 22.9 Å². The quantitative estimate of drug-likeness (QED) is 0.901. The molecular formula is C15H18ClN3OS. The van der Waals surface area contributed by atoms with Gasteiger partial charge in [-0.15, -0.1) is 11.3 Å². The minimum absolute atomic E-state index is 0.00749. The van der Waals surface area contributed by atoms with E-state index in [1.54, 1.807) is 11.8 Å². The van der Waals surface area contributed by atoms with Gasteiger partial charge in [0.25, 0.3) is 0 Å². The highest BCUT2D eigenvalue weighted by Gasteiger charge is 2.13. The topological polar surface area (TPSA) is 45.2 Å². The predicted octanol–water partition coefficient (Wildman–Crippen LogP) is 4.09. The predicted molar refractivity (Wildman–Crippen MR) is 89.3 cm³/mol. The van der Waals surface area contributed by atoms with Crippen molar-refractivity contribution in [3.8, 4) is 0 Å². The Balaban J connectivity index is 2.06. The highest BCUT2D eigenvalue weighted by atomic mass is 35.5. The lowest BCUT2D eigenvalue weighted by molar-refractivity contribution is -0.116. The third kappa shape index (κ3) is 3.95. The minimum atomic E-state index is 0.00749. The molecule has 0 saturated carbocycles. The van der Waals surface area contributed by atoms with Crippen LogP contribution in [0, 0.1) is 6.92 Å². The van der Waals surface area contributed by atoms with E-state index in [0.717, 1.165) is 22.1 Å². The molecule has 1 amide bonds. The van der Waals surface area contributed by atoms with Crippen molar-refractivity contribution in [2.24, 2.45) is 0 Å². The Labute approximate surface area is 133 Å². The number of carbonyl (C=O) groups is 1. The third-order valence-electron chi connectivity index (χ3n) is 3.05. The zero-order valence-corrected chi connectivity index (χ0v) is 13.9. The molecule has 1 aromatic carbocycles. The molecule has 4 nitrogen and oxygen atoms in total. The van der Waals surface area contributed by atoms with E-state index in [1.807, 2.05) is 37.4 Å². The molecule has 112 valence electrons. The normalized spacial score (nSPS) is 10.5. The average Bonchev–Trinajstić information content (AvgIpc) is 2.89. The van der Waals surface area contributed by atoms with Gasteiger partial charge in [-0.05, 0) is 31.5 Å². The Kier molecular flexibility index (Phi) is 5.20. The highest BCUT2D eigenvalue weighted by molar-refractivity contribution is 7.14. The lowest BCUT2D eigenvalue weighted by Crippen LogP contribution is -2.27. The van der Waals surface area contributed by atoms with Crippen LogP contribution < -0.4 is 10.2 Å². The Bertz CT molecular complexity index is 642. The number of thiazole rings is 1. The van der Waals surface area contributed by atoms with E-state index >= 15 is 0 Å². The van der Waals surface area contributed by atoms with Crippen LogP contribution in [0.25, 0.3) is 0 Å². The highest BCUT2D eigenvalue weighted by Crippen LogP contribution is 2.25. The van der Waals surface area contributed by atoms with Gasteiger partial charge in [0, 0.05) is 18.8 Å². The van der Waals surface area contributed by atoms with E-state index in [0.29, 0.717) is 18.1 Å². The lowest BCUT2D eigenvalue weighted by atomic mass is 10.2. The summed E-state index contributed by atoms with van der Waals surface area (Å²) in [6.07, 6.45) is 0. The molecule has 0 saturated heterocycles. The van der Waals surface area contributed by atoms with Crippen LogP contribution in [0.15, 0.2) is 23.6 Å². The van der Waals surface area contributed by atoms with Crippen LogP contribution in [-0.4, -0.2) is 17.4 Å². The van der Waals surface area contributed by atoms with E-state index in [9.17, 15) is 4.79 Å². The summed E-state index contributed by atoms with van der Waals surface area (Å²) in [5, 5.41) is 6.66. The average molecular weight is 324 g/mol. The van der Waals surface area contributed by atoms with E-state index < -0.39 is 0 Å². The van der Waals surface area contributed by atoms with Gasteiger partial charge in [0.2, 0.25) is 5.91 Å². The van der Waals surface area contributed by atoms with Crippen molar-refractivity contribution in [1.29, 1.82) is 0 Å². The van der Waals surface area contributed by atoms with Crippen molar-refractivity contribution in [2.45, 2.75) is 27.3 Å². The maximum atomic E-state index is 11.5. The zero-order valence-electron chi connectivity index (χ0n) is 12.3. The van der Waals surface area contributed by atoms with Gasteiger partial charge in [0.1, 0.15) is 0 Å². The van der Waals surface area contributed by atoms with Gasteiger partial charge in [0.15, 0.2) is 5.13 Å². The minimum Gasteiger partial charge on any atom is -0.378 e. The van der Waals surface area contributed by atoms with Crippen molar-refractivity contribution in [3.05, 3.63) is 39.9 Å². The molecule has 0 unspecified atom stereocenters. The summed E-state index contributed by atoms with van der Waals surface area (Å²) in [6, 6.07) is 5.85. The molecule has 21 heavy (non-hydrogen) atoms. The second-order valence-corrected chi connectivity index (χ2v) is 5.97. The fourth-order valence-electron chi connectivity index (χ4n) is 1.95. The number of benzene rings is 1. The Morgan fingerprint density at radius 2 is 2.24 bits per heavy atom. The number of halogens is 1. The fourth-order valence-corrected chi connectivity index (χ4v) is 3.07. The molecule has 1 N–H and O–H groups in total. The van der Waals surface area contributed by atoms with Crippen LogP contribution in [0.5, 0.6) is 0 Å². The van der Waals surface area contributed by atoms with Crippen molar-refractivity contribution in [3.63, 3.8) is 0 Å². The number of amides is 1. The van der Waals surface area contributed by atoms with Gasteiger partial charge in [-0.2, -0.15) is 0 Å². The lowest BCUT2D eigenvalue weighted by Gasteiger charge is -2.14. The van der Waals surface area contributed by atoms with Crippen LogP contribution in [0.1, 0.15) is 25.1 Å². The van der Waals surface area contributed by atoms with Gasteiger partial charge < -0.3 is 5.32 Å². The Morgan fingerprint density at radius 3 is 2.90 bits per heavy atom. The summed E-state index contributed by atoms with van der Waals surface area (Å²) in [4.78, 5) is 17.7. The number of nitrogens with one attached hydrogen (secondary N) is 1. The van der Waals surface area contributed by atoms with Gasteiger partial charge >= 0.3 is 0 Å². The molecule has 0 aliphatic heterocycles. The van der Waals surface area contributed by atoms with Gasteiger partial charge in [-0.1, -0.05) is 17.7 Å². The maximum absolute atomic E-state index is 11.5. The molecule has 0 radical (unpaired) electrons. The van der Waals surface area contributed by atoms with Crippen molar-refractivity contribution in [2.75, 3.05) is 16.8 Å². The number of aryl methyl sites for hydroxylation is 1. The van der Waals surface area contributed by atoms with E-state index in [4.69, 9.17) is 11.6 Å². The summed E-state index contributed by atoms with van der Waals surface area (Å²) in [5.41, 5.74) is 2.94. The molecule has 0 aliphatic carbocycles. The van der Waals surface area contributed by atoms with Crippen LogP contribution in [0.3, 0.4) is 0 Å². The monoisotopic (exact) mass is 323 g/mol. The molecule has 2 aromatic rings. The summed E-state index contributed by atoms with van der Waals surface area (Å²) >= 11 is 7.62. The zero-order chi connectivity index (χ0) is 15.4. The molecule has 2 rings (SSSR count). The first-order valence-electron chi connectivity index (χ1n) is 6.73. The van der Waals surface area contributed by atoms with Crippen LogP contribution in [0.4, 0.5) is 10.8 Å². The smallest absolute Gasteiger partial charge is 0.225 e. The second-order valence-electron chi connectivity index (χ2n) is 4.72. The first-order chi connectivity index (χ1) is 10.0. The molecule has 0 atom stereocenters. The van der Waals surface area contributed by atoms with Gasteiger partial charge in [-0.25, -0.2) is 4.98 Å².